The lowest BCUT2D eigenvalue weighted by molar-refractivity contribution is -0.122. The van der Waals surface area contributed by atoms with Crippen LogP contribution in [-0.2, 0) is 24.4 Å². The third-order valence-corrected chi connectivity index (χ3v) is 8.13. The van der Waals surface area contributed by atoms with E-state index in [-0.39, 0.29) is 24.8 Å². The van der Waals surface area contributed by atoms with E-state index < -0.39 is 17.9 Å². The highest BCUT2D eigenvalue weighted by atomic mass is 35.5. The van der Waals surface area contributed by atoms with Crippen LogP contribution in [0.1, 0.15) is 50.5 Å². The number of fused-ring (bicyclic) bond motifs is 2. The van der Waals surface area contributed by atoms with E-state index >= 15 is 0 Å². The van der Waals surface area contributed by atoms with Crippen LogP contribution in [0.3, 0.4) is 0 Å². The minimum atomic E-state index is -0.825. The summed E-state index contributed by atoms with van der Waals surface area (Å²) >= 11 is 12.1. The fourth-order valence-electron chi connectivity index (χ4n) is 5.22. The minimum absolute atomic E-state index is 0.166. The highest BCUT2D eigenvalue weighted by Gasteiger charge is 2.37. The summed E-state index contributed by atoms with van der Waals surface area (Å²) in [5.41, 5.74) is 9.43. The van der Waals surface area contributed by atoms with Gasteiger partial charge in [-0.2, -0.15) is 0 Å². The highest BCUT2D eigenvalue weighted by Crippen LogP contribution is 2.41. The van der Waals surface area contributed by atoms with Crippen molar-refractivity contribution >= 4 is 35.0 Å². The van der Waals surface area contributed by atoms with Gasteiger partial charge < -0.3 is 29.3 Å². The summed E-state index contributed by atoms with van der Waals surface area (Å²) in [6, 6.07) is 15.9. The van der Waals surface area contributed by atoms with E-state index in [2.05, 4.69) is 4.98 Å². The second kappa shape index (κ2) is 11.2. The van der Waals surface area contributed by atoms with Crippen LogP contribution in [0, 0.1) is 13.8 Å². The van der Waals surface area contributed by atoms with Crippen LogP contribution in [0.2, 0.25) is 10.0 Å². The van der Waals surface area contributed by atoms with Crippen molar-refractivity contribution in [3.8, 4) is 17.2 Å². The zero-order chi connectivity index (χ0) is 29.5. The molecule has 0 bridgehead atoms. The number of nitrogens with two attached hydrogens (primary N) is 1. The van der Waals surface area contributed by atoms with Gasteiger partial charge in [0.25, 0.3) is 5.91 Å². The summed E-state index contributed by atoms with van der Waals surface area (Å²) in [6.45, 7) is 4.16. The minimum Gasteiger partial charge on any atom is -0.489 e. The van der Waals surface area contributed by atoms with Crippen molar-refractivity contribution in [1.82, 2.24) is 9.88 Å². The first kappa shape index (κ1) is 27.9. The predicted molar refractivity (Wildman–Crippen MR) is 155 cm³/mol. The quantitative estimate of drug-likeness (QED) is 0.297. The smallest absolute Gasteiger partial charge is 0.277 e. The standard InChI is InChI=1S/C31H27Cl2N3O6/c1-16-29(35-17(2)41-16)31(38)36-13-21-12-27-26(11-20(21)10-25(36)30(34)37)40-15-28(42-27)19-4-6-22(7-5-19)39-14-18-3-8-23(32)24(33)9-18/h3-9,11-12,25,28H,10,13-15H2,1-2H3,(H2,34,37). The molecule has 2 unspecified atom stereocenters. The normalized spacial score (nSPS) is 17.5. The molecule has 0 radical (unpaired) electrons. The van der Waals surface area contributed by atoms with Crippen LogP contribution in [0.4, 0.5) is 0 Å². The number of ether oxygens (including phenoxy) is 3. The van der Waals surface area contributed by atoms with Gasteiger partial charge in [0, 0.05) is 19.9 Å². The van der Waals surface area contributed by atoms with Gasteiger partial charge in [0.15, 0.2) is 29.2 Å². The molecule has 2 aliphatic heterocycles. The Morgan fingerprint density at radius 1 is 1.02 bits per heavy atom. The van der Waals surface area contributed by atoms with Gasteiger partial charge in [-0.25, -0.2) is 4.98 Å². The highest BCUT2D eigenvalue weighted by molar-refractivity contribution is 6.42. The van der Waals surface area contributed by atoms with Crippen LogP contribution in [0.15, 0.2) is 59.0 Å². The number of halogens is 2. The van der Waals surface area contributed by atoms with Crippen LogP contribution < -0.4 is 19.9 Å². The van der Waals surface area contributed by atoms with Crippen LogP contribution in [0.25, 0.3) is 0 Å². The Morgan fingerprint density at radius 2 is 1.79 bits per heavy atom. The summed E-state index contributed by atoms with van der Waals surface area (Å²) in [5.74, 6) is 1.60. The molecule has 0 fully saturated rings. The van der Waals surface area contributed by atoms with Crippen molar-refractivity contribution < 1.29 is 28.2 Å². The fraction of sp³-hybridized carbons (Fsp3) is 0.258. The van der Waals surface area contributed by atoms with Crippen molar-refractivity contribution in [2.45, 2.75) is 45.6 Å². The topological polar surface area (TPSA) is 117 Å². The lowest BCUT2D eigenvalue weighted by atomic mass is 9.92. The zero-order valence-corrected chi connectivity index (χ0v) is 24.4. The van der Waals surface area contributed by atoms with E-state index in [1.54, 1.807) is 26.0 Å². The molecular formula is C31H27Cl2N3O6. The molecule has 42 heavy (non-hydrogen) atoms. The molecule has 0 aliphatic carbocycles. The number of amides is 2. The second-order valence-corrected chi connectivity index (χ2v) is 11.1. The number of hydrogen-bond donors (Lipinski definition) is 1. The predicted octanol–water partition coefficient (Wildman–Crippen LogP) is 5.74. The van der Waals surface area contributed by atoms with Gasteiger partial charge in [-0.15, -0.1) is 0 Å². The molecule has 6 rings (SSSR count). The van der Waals surface area contributed by atoms with Gasteiger partial charge in [-0.1, -0.05) is 41.4 Å². The summed E-state index contributed by atoms with van der Waals surface area (Å²) in [7, 11) is 0. The summed E-state index contributed by atoms with van der Waals surface area (Å²) in [5, 5.41) is 0.982. The average molecular weight is 608 g/mol. The molecule has 3 aromatic carbocycles. The molecule has 11 heteroatoms. The Labute approximate surface area is 252 Å². The van der Waals surface area contributed by atoms with E-state index in [9.17, 15) is 9.59 Å². The van der Waals surface area contributed by atoms with E-state index in [0.717, 1.165) is 22.3 Å². The molecule has 0 saturated heterocycles. The molecular weight excluding hydrogens is 581 g/mol. The molecule has 0 saturated carbocycles. The lowest BCUT2D eigenvalue weighted by Gasteiger charge is -2.36. The number of oxazole rings is 1. The molecule has 1 aromatic heterocycles. The summed E-state index contributed by atoms with van der Waals surface area (Å²) < 4.78 is 23.7. The SMILES string of the molecule is Cc1nc(C(=O)N2Cc3cc4c(cc3CC2C(N)=O)OCC(c2ccc(OCc3ccc(Cl)c(Cl)c3)cc2)O4)c(C)o1. The maximum atomic E-state index is 13.4. The number of carbonyl (C=O) groups excluding carboxylic acids is 2. The van der Waals surface area contributed by atoms with Crippen molar-refractivity contribution in [2.24, 2.45) is 5.73 Å². The Balaban J connectivity index is 1.17. The maximum Gasteiger partial charge on any atom is 0.277 e. The Morgan fingerprint density at radius 3 is 2.48 bits per heavy atom. The number of carbonyl (C=O) groups is 2. The first-order valence-corrected chi connectivity index (χ1v) is 14.1. The third kappa shape index (κ3) is 5.49. The molecule has 2 amide bonds. The summed E-state index contributed by atoms with van der Waals surface area (Å²) in [4.78, 5) is 31.4. The van der Waals surface area contributed by atoms with Gasteiger partial charge in [0.1, 0.15) is 30.8 Å². The van der Waals surface area contributed by atoms with Crippen LogP contribution in [-0.4, -0.2) is 34.3 Å². The second-order valence-electron chi connectivity index (χ2n) is 10.3. The van der Waals surface area contributed by atoms with E-state index in [1.807, 2.05) is 42.5 Å². The van der Waals surface area contributed by atoms with Crippen molar-refractivity contribution in [3.05, 3.63) is 104 Å². The average Bonchev–Trinajstić information content (AvgIpc) is 3.32. The van der Waals surface area contributed by atoms with Gasteiger partial charge >= 0.3 is 0 Å². The van der Waals surface area contributed by atoms with Gasteiger partial charge in [0.2, 0.25) is 5.91 Å². The van der Waals surface area contributed by atoms with Gasteiger partial charge in [0.05, 0.1) is 10.0 Å². The number of aryl methyl sites for hydroxylation is 2. The monoisotopic (exact) mass is 607 g/mol. The maximum absolute atomic E-state index is 13.4. The number of rotatable bonds is 6. The van der Waals surface area contributed by atoms with Crippen molar-refractivity contribution in [2.75, 3.05) is 6.61 Å². The van der Waals surface area contributed by atoms with E-state index in [1.165, 1.54) is 4.90 Å². The van der Waals surface area contributed by atoms with Crippen LogP contribution >= 0.6 is 23.2 Å². The van der Waals surface area contributed by atoms with Gasteiger partial charge in [-0.3, -0.25) is 9.59 Å². The van der Waals surface area contributed by atoms with E-state index in [4.69, 9.17) is 47.6 Å². The Bertz CT molecular complexity index is 1690. The molecule has 216 valence electrons. The fourth-order valence-corrected chi connectivity index (χ4v) is 5.54. The Kier molecular flexibility index (Phi) is 7.47. The van der Waals surface area contributed by atoms with Gasteiger partial charge in [-0.05, 0) is 65.6 Å². The third-order valence-electron chi connectivity index (χ3n) is 7.39. The number of aromatic nitrogens is 1. The molecule has 3 heterocycles. The largest absolute Gasteiger partial charge is 0.489 e. The number of primary amides is 1. The Hall–Kier alpha value is -4.21. The molecule has 4 aromatic rings. The first-order valence-electron chi connectivity index (χ1n) is 13.3. The summed E-state index contributed by atoms with van der Waals surface area (Å²) in [6.07, 6.45) is -0.0871. The molecule has 2 aliphatic rings. The zero-order valence-electron chi connectivity index (χ0n) is 22.9. The molecule has 2 atom stereocenters. The first-order chi connectivity index (χ1) is 20.2. The van der Waals surface area contributed by atoms with Crippen LogP contribution in [0.5, 0.6) is 17.2 Å². The number of benzene rings is 3. The molecule has 2 N–H and O–H groups in total. The lowest BCUT2D eigenvalue weighted by Crippen LogP contribution is -2.51. The molecule has 9 nitrogen and oxygen atoms in total. The van der Waals surface area contributed by atoms with E-state index in [0.29, 0.717) is 52.2 Å². The number of nitrogens with zero attached hydrogens (tertiary/aromatic N) is 2. The number of hydrogen-bond acceptors (Lipinski definition) is 7. The van der Waals surface area contributed by atoms with Crippen molar-refractivity contribution in [1.29, 1.82) is 0 Å². The van der Waals surface area contributed by atoms with Crippen molar-refractivity contribution in [3.63, 3.8) is 0 Å². The molecule has 0 spiro atoms.